The molecule has 2 aromatic heterocycles. The third kappa shape index (κ3) is 4.07. The fourth-order valence-corrected chi connectivity index (χ4v) is 2.93. The molecule has 1 unspecified atom stereocenters. The van der Waals surface area contributed by atoms with Crippen LogP contribution in [0.2, 0.25) is 0 Å². The van der Waals surface area contributed by atoms with E-state index < -0.39 is 0 Å². The summed E-state index contributed by atoms with van der Waals surface area (Å²) >= 11 is 0. The van der Waals surface area contributed by atoms with E-state index in [2.05, 4.69) is 47.9 Å². The van der Waals surface area contributed by atoms with E-state index in [4.69, 9.17) is 0 Å². The van der Waals surface area contributed by atoms with Crippen molar-refractivity contribution in [3.8, 4) is 0 Å². The molecule has 0 bridgehead atoms. The van der Waals surface area contributed by atoms with Gasteiger partial charge in [-0.15, -0.1) is 0 Å². The Morgan fingerprint density at radius 2 is 2.14 bits per heavy atom. The van der Waals surface area contributed by atoms with Crippen LogP contribution in [-0.2, 0) is 13.1 Å². The van der Waals surface area contributed by atoms with Gasteiger partial charge in [0, 0.05) is 30.9 Å². The Hall–Kier alpha value is -1.35. The maximum atomic E-state index is 4.61. The lowest BCUT2D eigenvalue weighted by Crippen LogP contribution is -2.12. The van der Waals surface area contributed by atoms with Gasteiger partial charge in [0.2, 0.25) is 0 Å². The molecule has 0 saturated carbocycles. The minimum Gasteiger partial charge on any atom is -0.332 e. The lowest BCUT2D eigenvalue weighted by atomic mass is 9.99. The first-order valence-electron chi connectivity index (χ1n) is 8.43. The smallest absolute Gasteiger partial charge is 0.140 e. The average molecular weight is 287 g/mol. The van der Waals surface area contributed by atoms with Crippen LogP contribution in [0.4, 0.5) is 0 Å². The van der Waals surface area contributed by atoms with Gasteiger partial charge in [-0.05, 0) is 36.6 Å². The number of rotatable bonds is 9. The van der Waals surface area contributed by atoms with Gasteiger partial charge in [0.15, 0.2) is 0 Å². The van der Waals surface area contributed by atoms with Crippen LogP contribution in [0.1, 0.15) is 52.0 Å². The van der Waals surface area contributed by atoms with Gasteiger partial charge in [-0.1, -0.05) is 40.0 Å². The maximum Gasteiger partial charge on any atom is 0.140 e. The Labute approximate surface area is 128 Å². The molecule has 0 saturated heterocycles. The van der Waals surface area contributed by atoms with Crippen LogP contribution in [-0.4, -0.2) is 16.1 Å². The first kappa shape index (κ1) is 16.0. The second-order valence-corrected chi connectivity index (χ2v) is 5.88. The summed E-state index contributed by atoms with van der Waals surface area (Å²) in [5.74, 6) is 0.759. The molecule has 1 N–H and O–H groups in total. The predicted molar refractivity (Wildman–Crippen MR) is 90.4 cm³/mol. The Morgan fingerprint density at radius 3 is 2.86 bits per heavy atom. The molecule has 0 amide bonds. The fraction of sp³-hybridized carbons (Fsp3) is 0.611. The summed E-state index contributed by atoms with van der Waals surface area (Å²) in [5.41, 5.74) is 2.51. The summed E-state index contributed by atoms with van der Waals surface area (Å²) in [6, 6.07) is 4.23. The summed E-state index contributed by atoms with van der Waals surface area (Å²) in [5, 5.41) is 4.73. The van der Waals surface area contributed by atoms with Crippen molar-refractivity contribution in [2.24, 2.45) is 5.92 Å². The second-order valence-electron chi connectivity index (χ2n) is 5.88. The zero-order chi connectivity index (χ0) is 15.1. The average Bonchev–Trinajstić information content (AvgIpc) is 2.87. The van der Waals surface area contributed by atoms with E-state index in [9.17, 15) is 0 Å². The maximum absolute atomic E-state index is 4.61. The summed E-state index contributed by atoms with van der Waals surface area (Å²) in [7, 11) is 0. The minimum absolute atomic E-state index is 0.759. The van der Waals surface area contributed by atoms with Crippen molar-refractivity contribution >= 4 is 11.0 Å². The Bertz CT molecular complexity index is 544. The Balaban J connectivity index is 2.22. The number of nitrogens with zero attached hydrogens (tertiary/aromatic N) is 2. The van der Waals surface area contributed by atoms with Gasteiger partial charge in [0.05, 0.1) is 0 Å². The molecule has 0 aliphatic rings. The number of aromatic nitrogens is 2. The van der Waals surface area contributed by atoms with Gasteiger partial charge < -0.3 is 9.88 Å². The molecule has 0 spiro atoms. The van der Waals surface area contributed by atoms with Crippen molar-refractivity contribution < 1.29 is 0 Å². The molecule has 1 atom stereocenters. The highest BCUT2D eigenvalue weighted by Crippen LogP contribution is 2.23. The van der Waals surface area contributed by atoms with Crippen molar-refractivity contribution in [3.63, 3.8) is 0 Å². The number of fused-ring (bicyclic) bond motifs is 1. The first-order valence-corrected chi connectivity index (χ1v) is 8.43. The van der Waals surface area contributed by atoms with Crippen molar-refractivity contribution in [3.05, 3.63) is 30.1 Å². The fourth-order valence-electron chi connectivity index (χ4n) is 2.93. The van der Waals surface area contributed by atoms with Crippen molar-refractivity contribution in [1.82, 2.24) is 14.9 Å². The van der Waals surface area contributed by atoms with Crippen LogP contribution in [0.25, 0.3) is 11.0 Å². The highest BCUT2D eigenvalue weighted by Gasteiger charge is 2.12. The summed E-state index contributed by atoms with van der Waals surface area (Å²) in [4.78, 5) is 4.61. The van der Waals surface area contributed by atoms with Gasteiger partial charge >= 0.3 is 0 Å². The molecule has 0 aliphatic heterocycles. The lowest BCUT2D eigenvalue weighted by Gasteiger charge is -2.15. The van der Waals surface area contributed by atoms with Gasteiger partial charge in [-0.2, -0.15) is 0 Å². The van der Waals surface area contributed by atoms with Crippen LogP contribution in [0.15, 0.2) is 24.5 Å². The molecule has 2 aromatic rings. The molecule has 116 valence electrons. The van der Waals surface area contributed by atoms with E-state index in [0.717, 1.165) is 31.2 Å². The molecular formula is C18H29N3. The van der Waals surface area contributed by atoms with Gasteiger partial charge in [-0.3, -0.25) is 0 Å². The molecule has 3 heteroatoms. The van der Waals surface area contributed by atoms with Crippen LogP contribution >= 0.6 is 0 Å². The van der Waals surface area contributed by atoms with E-state index in [1.807, 2.05) is 12.3 Å². The quantitative estimate of drug-likeness (QED) is 0.742. The number of hydrogen-bond acceptors (Lipinski definition) is 2. The standard InChI is InChI=1S/C18H29N3/c1-4-7-9-15(5-2)13-21-14-16(12-19-6-3)17-10-8-11-20-18(17)21/h8,10-11,14-15,19H,4-7,9,12-13H2,1-3H3. The molecule has 0 aromatic carbocycles. The molecule has 3 nitrogen and oxygen atoms in total. The Morgan fingerprint density at radius 1 is 1.29 bits per heavy atom. The topological polar surface area (TPSA) is 29.9 Å². The summed E-state index contributed by atoms with van der Waals surface area (Å²) < 4.78 is 2.37. The highest BCUT2D eigenvalue weighted by atomic mass is 15.0. The van der Waals surface area contributed by atoms with E-state index in [-0.39, 0.29) is 0 Å². The van der Waals surface area contributed by atoms with Crippen LogP contribution in [0, 0.1) is 5.92 Å². The normalized spacial score (nSPS) is 12.9. The lowest BCUT2D eigenvalue weighted by molar-refractivity contribution is 0.395. The number of unbranched alkanes of at least 4 members (excludes halogenated alkanes) is 1. The molecule has 0 fully saturated rings. The zero-order valence-electron chi connectivity index (χ0n) is 13.7. The SMILES string of the molecule is CCCCC(CC)Cn1cc(CNCC)c2cccnc21. The minimum atomic E-state index is 0.759. The zero-order valence-corrected chi connectivity index (χ0v) is 13.7. The predicted octanol–water partition coefficient (Wildman–Crippen LogP) is 4.36. The summed E-state index contributed by atoms with van der Waals surface area (Å²) in [6.07, 6.45) is 9.39. The largest absolute Gasteiger partial charge is 0.332 e. The molecular weight excluding hydrogens is 258 g/mol. The molecule has 2 rings (SSSR count). The number of pyridine rings is 1. The van der Waals surface area contributed by atoms with E-state index in [1.165, 1.54) is 36.6 Å². The third-order valence-electron chi connectivity index (χ3n) is 4.28. The van der Waals surface area contributed by atoms with Gasteiger partial charge in [0.1, 0.15) is 5.65 Å². The van der Waals surface area contributed by atoms with Crippen LogP contribution in [0.5, 0.6) is 0 Å². The number of nitrogens with one attached hydrogen (secondary N) is 1. The monoisotopic (exact) mass is 287 g/mol. The summed E-state index contributed by atoms with van der Waals surface area (Å²) in [6.45, 7) is 9.75. The van der Waals surface area contributed by atoms with E-state index >= 15 is 0 Å². The van der Waals surface area contributed by atoms with Gasteiger partial charge in [0.25, 0.3) is 0 Å². The van der Waals surface area contributed by atoms with E-state index in [0.29, 0.717) is 0 Å². The van der Waals surface area contributed by atoms with E-state index in [1.54, 1.807) is 0 Å². The molecule has 2 heterocycles. The molecule has 0 aliphatic carbocycles. The van der Waals surface area contributed by atoms with Crippen LogP contribution < -0.4 is 5.32 Å². The number of hydrogen-bond donors (Lipinski definition) is 1. The van der Waals surface area contributed by atoms with Crippen molar-refractivity contribution in [2.45, 2.75) is 59.5 Å². The van der Waals surface area contributed by atoms with Crippen molar-refractivity contribution in [1.29, 1.82) is 0 Å². The molecule has 21 heavy (non-hydrogen) atoms. The molecule has 0 radical (unpaired) electrons. The van der Waals surface area contributed by atoms with Crippen LogP contribution in [0.3, 0.4) is 0 Å². The first-order chi connectivity index (χ1) is 10.3. The van der Waals surface area contributed by atoms with Gasteiger partial charge in [-0.25, -0.2) is 4.98 Å². The second kappa shape index (κ2) is 8.18. The third-order valence-corrected chi connectivity index (χ3v) is 4.28. The highest BCUT2D eigenvalue weighted by molar-refractivity contribution is 5.80. The Kier molecular flexibility index (Phi) is 6.24. The van der Waals surface area contributed by atoms with Crippen molar-refractivity contribution in [2.75, 3.05) is 6.54 Å².